The molecule has 1 N–H and O–H groups in total. The molecule has 3 aromatic carbocycles. The molecule has 0 aliphatic rings. The Kier molecular flexibility index (Phi) is 5.64. The number of oxazole rings is 1. The Morgan fingerprint density at radius 2 is 1.82 bits per heavy atom. The minimum Gasteiger partial charge on any atom is -0.436 e. The highest BCUT2D eigenvalue weighted by Gasteiger charge is 2.15. The number of hydrogen-bond donors (Lipinski definition) is 1. The molecule has 0 radical (unpaired) electrons. The average molecular weight is 588 g/mol. The maximum Gasteiger partial charge on any atom is 0.257 e. The molecule has 0 bridgehead atoms. The zero-order valence-corrected chi connectivity index (χ0v) is 19.2. The van der Waals surface area contributed by atoms with Gasteiger partial charge in [0.05, 0.1) is 21.2 Å². The molecular formula is C20H10BrCl2IN2O2. The van der Waals surface area contributed by atoms with Gasteiger partial charge in [0.25, 0.3) is 5.91 Å². The van der Waals surface area contributed by atoms with Gasteiger partial charge < -0.3 is 9.73 Å². The first-order chi connectivity index (χ1) is 13.4. The number of aromatic nitrogens is 1. The number of carbonyl (C=O) groups is 1. The maximum absolute atomic E-state index is 12.6. The number of fused-ring (bicyclic) bond motifs is 1. The van der Waals surface area contributed by atoms with Gasteiger partial charge in [-0.1, -0.05) is 39.1 Å². The average Bonchev–Trinajstić information content (AvgIpc) is 3.08. The number of rotatable bonds is 3. The monoisotopic (exact) mass is 586 g/mol. The summed E-state index contributed by atoms with van der Waals surface area (Å²) in [4.78, 5) is 17.1. The number of nitrogens with one attached hydrogen (secondary N) is 1. The van der Waals surface area contributed by atoms with E-state index in [-0.39, 0.29) is 5.91 Å². The molecule has 0 saturated carbocycles. The van der Waals surface area contributed by atoms with Crippen molar-refractivity contribution in [2.24, 2.45) is 0 Å². The minimum absolute atomic E-state index is 0.310. The van der Waals surface area contributed by atoms with Gasteiger partial charge in [-0.15, -0.1) is 0 Å². The topological polar surface area (TPSA) is 55.1 Å². The summed E-state index contributed by atoms with van der Waals surface area (Å²) in [5.74, 6) is 0.118. The number of carbonyl (C=O) groups excluding carboxylic acids is 1. The molecule has 4 rings (SSSR count). The van der Waals surface area contributed by atoms with Crippen LogP contribution in [0.2, 0.25) is 10.0 Å². The predicted molar refractivity (Wildman–Crippen MR) is 124 cm³/mol. The molecule has 4 nitrogen and oxygen atoms in total. The Balaban J connectivity index is 1.66. The molecule has 0 aliphatic heterocycles. The highest BCUT2D eigenvalue weighted by molar-refractivity contribution is 14.1. The number of anilines is 1. The Labute approximate surface area is 192 Å². The summed E-state index contributed by atoms with van der Waals surface area (Å²) in [6.07, 6.45) is 0. The highest BCUT2D eigenvalue weighted by Crippen LogP contribution is 2.32. The molecular weight excluding hydrogens is 578 g/mol. The fourth-order valence-corrected chi connectivity index (χ4v) is 3.91. The Morgan fingerprint density at radius 1 is 1.04 bits per heavy atom. The van der Waals surface area contributed by atoms with Crippen LogP contribution in [0.4, 0.5) is 5.69 Å². The Hall–Kier alpha value is -1.61. The molecule has 0 atom stereocenters. The number of amides is 1. The second-order valence-electron chi connectivity index (χ2n) is 5.90. The fraction of sp³-hybridized carbons (Fsp3) is 0. The second-order valence-corrected chi connectivity index (χ2v) is 8.88. The number of benzene rings is 3. The lowest BCUT2D eigenvalue weighted by Gasteiger charge is -2.07. The van der Waals surface area contributed by atoms with Gasteiger partial charge in [0.15, 0.2) is 5.58 Å². The Bertz CT molecular complexity index is 1230. The van der Waals surface area contributed by atoms with E-state index < -0.39 is 0 Å². The van der Waals surface area contributed by atoms with Crippen molar-refractivity contribution in [3.63, 3.8) is 0 Å². The minimum atomic E-state index is -0.310. The van der Waals surface area contributed by atoms with Crippen LogP contribution in [0.25, 0.3) is 22.6 Å². The number of halogens is 4. The van der Waals surface area contributed by atoms with Gasteiger partial charge in [0, 0.05) is 13.7 Å². The molecule has 1 heterocycles. The van der Waals surface area contributed by atoms with Crippen molar-refractivity contribution >= 4 is 84.4 Å². The van der Waals surface area contributed by atoms with Crippen molar-refractivity contribution in [2.45, 2.75) is 0 Å². The van der Waals surface area contributed by atoms with Crippen LogP contribution in [0.3, 0.4) is 0 Å². The summed E-state index contributed by atoms with van der Waals surface area (Å²) in [5.41, 5.74) is 2.90. The molecule has 140 valence electrons. The first-order valence-electron chi connectivity index (χ1n) is 8.03. The summed E-state index contributed by atoms with van der Waals surface area (Å²) in [7, 11) is 0. The molecule has 0 unspecified atom stereocenters. The number of nitrogens with zero attached hydrogens (tertiary/aromatic N) is 1. The largest absolute Gasteiger partial charge is 0.436 e. The van der Waals surface area contributed by atoms with E-state index in [0.717, 1.165) is 13.6 Å². The fourth-order valence-electron chi connectivity index (χ4n) is 2.65. The first kappa shape index (κ1) is 19.7. The van der Waals surface area contributed by atoms with Gasteiger partial charge in [-0.2, -0.15) is 0 Å². The lowest BCUT2D eigenvalue weighted by atomic mass is 10.2. The van der Waals surface area contributed by atoms with Gasteiger partial charge in [-0.3, -0.25) is 4.79 Å². The predicted octanol–water partition coefficient (Wildman–Crippen LogP) is 7.42. The quantitative estimate of drug-likeness (QED) is 0.254. The molecule has 1 aromatic heterocycles. The van der Waals surface area contributed by atoms with E-state index >= 15 is 0 Å². The summed E-state index contributed by atoms with van der Waals surface area (Å²) < 4.78 is 7.63. The molecule has 0 spiro atoms. The van der Waals surface area contributed by atoms with Gasteiger partial charge in [0.2, 0.25) is 5.89 Å². The van der Waals surface area contributed by atoms with Crippen LogP contribution in [0, 0.1) is 3.57 Å². The summed E-state index contributed by atoms with van der Waals surface area (Å²) in [6.45, 7) is 0. The van der Waals surface area contributed by atoms with Crippen LogP contribution in [-0.2, 0) is 0 Å². The molecule has 0 saturated heterocycles. The normalized spacial score (nSPS) is 11.0. The smallest absolute Gasteiger partial charge is 0.257 e. The third kappa shape index (κ3) is 4.05. The van der Waals surface area contributed by atoms with Crippen molar-refractivity contribution in [3.05, 3.63) is 78.2 Å². The zero-order valence-electron chi connectivity index (χ0n) is 14.0. The van der Waals surface area contributed by atoms with Crippen LogP contribution in [0.5, 0.6) is 0 Å². The molecule has 0 aliphatic carbocycles. The second kappa shape index (κ2) is 8.02. The van der Waals surface area contributed by atoms with Crippen LogP contribution < -0.4 is 5.32 Å². The molecule has 0 fully saturated rings. The van der Waals surface area contributed by atoms with Crippen LogP contribution in [0.1, 0.15) is 10.4 Å². The van der Waals surface area contributed by atoms with Crippen molar-refractivity contribution < 1.29 is 9.21 Å². The van der Waals surface area contributed by atoms with Gasteiger partial charge in [-0.05, 0) is 77.2 Å². The third-order valence-electron chi connectivity index (χ3n) is 3.98. The van der Waals surface area contributed by atoms with E-state index in [1.807, 2.05) is 12.1 Å². The summed E-state index contributed by atoms with van der Waals surface area (Å²) in [6, 6.07) is 16.0. The van der Waals surface area contributed by atoms with Crippen molar-refractivity contribution in [2.75, 3.05) is 5.32 Å². The van der Waals surface area contributed by atoms with Crippen LogP contribution >= 0.6 is 61.7 Å². The zero-order chi connectivity index (χ0) is 19.8. The Morgan fingerprint density at radius 3 is 2.64 bits per heavy atom. The van der Waals surface area contributed by atoms with Gasteiger partial charge in [-0.25, -0.2) is 4.98 Å². The lowest BCUT2D eigenvalue weighted by Crippen LogP contribution is -2.12. The van der Waals surface area contributed by atoms with Gasteiger partial charge in [0.1, 0.15) is 5.52 Å². The van der Waals surface area contributed by atoms with E-state index in [0.29, 0.717) is 38.3 Å². The lowest BCUT2D eigenvalue weighted by molar-refractivity contribution is 0.102. The van der Waals surface area contributed by atoms with Crippen molar-refractivity contribution in [1.29, 1.82) is 0 Å². The van der Waals surface area contributed by atoms with Crippen molar-refractivity contribution in [1.82, 2.24) is 4.98 Å². The molecule has 1 amide bonds. The van der Waals surface area contributed by atoms with Crippen LogP contribution in [0.15, 0.2) is 63.5 Å². The van der Waals surface area contributed by atoms with E-state index in [2.05, 4.69) is 48.8 Å². The highest BCUT2D eigenvalue weighted by atomic mass is 127. The molecule has 8 heteroatoms. The van der Waals surface area contributed by atoms with Gasteiger partial charge >= 0.3 is 0 Å². The van der Waals surface area contributed by atoms with E-state index in [1.54, 1.807) is 42.5 Å². The van der Waals surface area contributed by atoms with E-state index in [9.17, 15) is 4.79 Å². The molecule has 28 heavy (non-hydrogen) atoms. The van der Waals surface area contributed by atoms with Crippen LogP contribution in [-0.4, -0.2) is 10.9 Å². The van der Waals surface area contributed by atoms with E-state index in [1.165, 1.54) is 0 Å². The standard InChI is InChI=1S/C20H10BrCl2IN2O2/c21-10-1-4-15(22)13(7-10)19(27)25-12-3-6-18-17(9-12)26-20(28-18)14-8-11(24)2-5-16(14)23/h1-9H,(H,25,27). The maximum atomic E-state index is 12.6. The summed E-state index contributed by atoms with van der Waals surface area (Å²) in [5, 5.41) is 3.77. The molecule has 4 aromatic rings. The SMILES string of the molecule is O=C(Nc1ccc2oc(-c3cc(I)ccc3Cl)nc2c1)c1cc(Br)ccc1Cl. The van der Waals surface area contributed by atoms with Crippen molar-refractivity contribution in [3.8, 4) is 11.5 Å². The first-order valence-corrected chi connectivity index (χ1v) is 10.7. The van der Waals surface area contributed by atoms with E-state index in [4.69, 9.17) is 27.6 Å². The number of hydrogen-bond acceptors (Lipinski definition) is 3. The summed E-state index contributed by atoms with van der Waals surface area (Å²) >= 11 is 18.0. The third-order valence-corrected chi connectivity index (χ3v) is 5.80.